The molecule has 0 radical (unpaired) electrons. The van der Waals surface area contributed by atoms with Crippen LogP contribution in [0.1, 0.15) is 20.7 Å². The van der Waals surface area contributed by atoms with Crippen LogP contribution in [-0.4, -0.2) is 23.5 Å². The van der Waals surface area contributed by atoms with Gasteiger partial charge in [-0.2, -0.15) is 0 Å². The van der Waals surface area contributed by atoms with Gasteiger partial charge in [-0.1, -0.05) is 58.4 Å². The lowest BCUT2D eigenvalue weighted by molar-refractivity contribution is 0.0472. The molecule has 0 aliphatic rings. The van der Waals surface area contributed by atoms with Gasteiger partial charge in [-0.3, -0.25) is 4.79 Å². The van der Waals surface area contributed by atoms with Gasteiger partial charge in [-0.05, 0) is 23.6 Å². The van der Waals surface area contributed by atoms with Crippen LogP contribution in [0, 0.1) is 0 Å². The van der Waals surface area contributed by atoms with Crippen LogP contribution in [0.15, 0.2) is 65.1 Å². The molecular formula is C19H13BrO4. The molecule has 0 saturated carbocycles. The van der Waals surface area contributed by atoms with Gasteiger partial charge in [-0.15, -0.1) is 0 Å². The Kier molecular flexibility index (Phi) is 4.62. The summed E-state index contributed by atoms with van der Waals surface area (Å²) in [6, 6.07) is 17.2. The van der Waals surface area contributed by atoms with Gasteiger partial charge in [0, 0.05) is 15.4 Å². The number of ketones is 1. The number of hydrogen-bond acceptors (Lipinski definition) is 4. The van der Waals surface area contributed by atoms with Gasteiger partial charge in [0.25, 0.3) is 0 Å². The van der Waals surface area contributed by atoms with Gasteiger partial charge in [0.15, 0.2) is 12.4 Å². The number of phenols is 1. The molecule has 24 heavy (non-hydrogen) atoms. The highest BCUT2D eigenvalue weighted by atomic mass is 79.9. The molecule has 0 bridgehead atoms. The summed E-state index contributed by atoms with van der Waals surface area (Å²) in [5.41, 5.74) is 0.482. The largest absolute Gasteiger partial charge is 0.506 e. The normalized spacial score (nSPS) is 10.5. The van der Waals surface area contributed by atoms with Crippen molar-refractivity contribution in [3.05, 3.63) is 76.3 Å². The maximum absolute atomic E-state index is 12.2. The average Bonchev–Trinajstić information content (AvgIpc) is 2.60. The van der Waals surface area contributed by atoms with Gasteiger partial charge < -0.3 is 9.84 Å². The summed E-state index contributed by atoms with van der Waals surface area (Å²) in [4.78, 5) is 24.2. The van der Waals surface area contributed by atoms with E-state index in [-0.39, 0.29) is 23.7 Å². The number of aromatic hydroxyl groups is 1. The summed E-state index contributed by atoms with van der Waals surface area (Å²) < 4.78 is 5.82. The van der Waals surface area contributed by atoms with Gasteiger partial charge in [0.1, 0.15) is 11.3 Å². The number of carbonyl (C=O) groups excluding carboxylic acids is 2. The van der Waals surface area contributed by atoms with Crippen LogP contribution in [0.25, 0.3) is 10.8 Å². The van der Waals surface area contributed by atoms with Crippen molar-refractivity contribution >= 4 is 38.5 Å². The Morgan fingerprint density at radius 3 is 2.58 bits per heavy atom. The second-order valence-corrected chi connectivity index (χ2v) is 6.11. The third kappa shape index (κ3) is 3.31. The zero-order valence-electron chi connectivity index (χ0n) is 12.5. The van der Waals surface area contributed by atoms with Crippen LogP contribution >= 0.6 is 15.9 Å². The van der Waals surface area contributed by atoms with E-state index in [2.05, 4.69) is 15.9 Å². The first kappa shape index (κ1) is 16.2. The van der Waals surface area contributed by atoms with Crippen LogP contribution in [0.3, 0.4) is 0 Å². The summed E-state index contributed by atoms with van der Waals surface area (Å²) in [6.07, 6.45) is 0. The van der Waals surface area contributed by atoms with E-state index in [0.29, 0.717) is 10.9 Å². The fourth-order valence-electron chi connectivity index (χ4n) is 2.37. The van der Waals surface area contributed by atoms with Crippen molar-refractivity contribution in [2.24, 2.45) is 0 Å². The summed E-state index contributed by atoms with van der Waals surface area (Å²) in [5, 5.41) is 11.6. The molecule has 3 aromatic rings. The monoisotopic (exact) mass is 384 g/mol. The Labute approximate surface area is 146 Å². The number of halogens is 1. The molecule has 0 aromatic heterocycles. The molecule has 0 unspecified atom stereocenters. The van der Waals surface area contributed by atoms with Gasteiger partial charge in [0.2, 0.25) is 0 Å². The number of hydrogen-bond donors (Lipinski definition) is 1. The fraction of sp³-hybridized carbons (Fsp3) is 0.0526. The number of benzene rings is 3. The highest BCUT2D eigenvalue weighted by Crippen LogP contribution is 2.29. The van der Waals surface area contributed by atoms with E-state index >= 15 is 0 Å². The number of ether oxygens (including phenoxy) is 1. The average molecular weight is 385 g/mol. The predicted molar refractivity (Wildman–Crippen MR) is 94.4 cm³/mol. The quantitative estimate of drug-likeness (QED) is 0.536. The summed E-state index contributed by atoms with van der Waals surface area (Å²) in [7, 11) is 0. The molecule has 1 N–H and O–H groups in total. The molecule has 4 nitrogen and oxygen atoms in total. The van der Waals surface area contributed by atoms with Gasteiger partial charge in [0.05, 0.1) is 0 Å². The molecule has 3 rings (SSSR count). The Bertz CT molecular complexity index is 934. The van der Waals surface area contributed by atoms with E-state index in [1.165, 1.54) is 6.07 Å². The topological polar surface area (TPSA) is 63.6 Å². The van der Waals surface area contributed by atoms with E-state index in [1.54, 1.807) is 42.5 Å². The van der Waals surface area contributed by atoms with Crippen molar-refractivity contribution in [1.29, 1.82) is 0 Å². The number of rotatable bonds is 4. The second kappa shape index (κ2) is 6.84. The van der Waals surface area contributed by atoms with Crippen LogP contribution in [0.5, 0.6) is 5.75 Å². The number of Topliss-reactive ketones (excluding diaryl/α,β-unsaturated/α-hetero) is 1. The standard InChI is InChI=1S/C19H13BrO4/c20-14-6-3-5-13(10-14)17(21)11-24-19(23)16-9-8-12-4-1-2-7-15(12)18(16)22/h1-10,22H,11H2. The zero-order valence-corrected chi connectivity index (χ0v) is 14.1. The molecular weight excluding hydrogens is 372 g/mol. The molecule has 0 aliphatic carbocycles. The van der Waals surface area contributed by atoms with E-state index in [0.717, 1.165) is 9.86 Å². The SMILES string of the molecule is O=C(COC(=O)c1ccc2ccccc2c1O)c1cccc(Br)c1. The molecule has 3 aromatic carbocycles. The van der Waals surface area contributed by atoms with Crippen molar-refractivity contribution in [1.82, 2.24) is 0 Å². The van der Waals surface area contributed by atoms with Gasteiger partial charge in [-0.25, -0.2) is 4.79 Å². The maximum Gasteiger partial charge on any atom is 0.342 e. The Morgan fingerprint density at radius 2 is 1.79 bits per heavy atom. The summed E-state index contributed by atoms with van der Waals surface area (Å²) in [5.74, 6) is -1.19. The minimum absolute atomic E-state index is 0.0377. The predicted octanol–water partition coefficient (Wildman–Crippen LogP) is 4.35. The van der Waals surface area contributed by atoms with E-state index < -0.39 is 5.97 Å². The highest BCUT2D eigenvalue weighted by molar-refractivity contribution is 9.10. The molecule has 0 aliphatic heterocycles. The Balaban J connectivity index is 1.76. The minimum atomic E-state index is -0.735. The van der Waals surface area contributed by atoms with E-state index in [9.17, 15) is 14.7 Å². The molecule has 0 atom stereocenters. The van der Waals surface area contributed by atoms with Crippen LogP contribution in [0.4, 0.5) is 0 Å². The zero-order chi connectivity index (χ0) is 17.1. The van der Waals surface area contributed by atoms with Crippen molar-refractivity contribution in [2.45, 2.75) is 0 Å². The number of carbonyl (C=O) groups is 2. The van der Waals surface area contributed by atoms with Gasteiger partial charge >= 0.3 is 5.97 Å². The first-order chi connectivity index (χ1) is 11.6. The lowest BCUT2D eigenvalue weighted by Crippen LogP contribution is -2.14. The lowest BCUT2D eigenvalue weighted by Gasteiger charge is -2.08. The summed E-state index contributed by atoms with van der Waals surface area (Å²) >= 11 is 3.29. The van der Waals surface area contributed by atoms with Crippen LogP contribution in [-0.2, 0) is 4.74 Å². The smallest absolute Gasteiger partial charge is 0.342 e. The van der Waals surface area contributed by atoms with Crippen molar-refractivity contribution in [2.75, 3.05) is 6.61 Å². The lowest BCUT2D eigenvalue weighted by atomic mass is 10.1. The third-order valence-electron chi connectivity index (χ3n) is 3.60. The molecule has 0 heterocycles. The molecule has 0 fully saturated rings. The Morgan fingerprint density at radius 1 is 1.00 bits per heavy atom. The van der Waals surface area contributed by atoms with Crippen LogP contribution < -0.4 is 0 Å². The molecule has 0 spiro atoms. The Hall–Kier alpha value is -2.66. The van der Waals surface area contributed by atoms with Crippen molar-refractivity contribution < 1.29 is 19.4 Å². The first-order valence-corrected chi connectivity index (χ1v) is 8.02. The van der Waals surface area contributed by atoms with Crippen LogP contribution in [0.2, 0.25) is 0 Å². The maximum atomic E-state index is 12.2. The van der Waals surface area contributed by atoms with Crippen molar-refractivity contribution in [3.63, 3.8) is 0 Å². The third-order valence-corrected chi connectivity index (χ3v) is 4.09. The second-order valence-electron chi connectivity index (χ2n) is 5.19. The first-order valence-electron chi connectivity index (χ1n) is 7.23. The molecule has 0 saturated heterocycles. The number of fused-ring (bicyclic) bond motifs is 1. The van der Waals surface area contributed by atoms with E-state index in [1.807, 2.05) is 12.1 Å². The fourth-order valence-corrected chi connectivity index (χ4v) is 2.77. The number of phenolic OH excluding ortho intramolecular Hbond substituents is 1. The molecule has 5 heteroatoms. The molecule has 120 valence electrons. The van der Waals surface area contributed by atoms with E-state index in [4.69, 9.17) is 4.74 Å². The number of esters is 1. The summed E-state index contributed by atoms with van der Waals surface area (Å²) in [6.45, 7) is -0.387. The molecule has 0 amide bonds. The van der Waals surface area contributed by atoms with Crippen molar-refractivity contribution in [3.8, 4) is 5.75 Å². The highest BCUT2D eigenvalue weighted by Gasteiger charge is 2.17. The minimum Gasteiger partial charge on any atom is -0.506 e.